The highest BCUT2D eigenvalue weighted by Crippen LogP contribution is 2.24. The van der Waals surface area contributed by atoms with E-state index in [0.29, 0.717) is 12.2 Å². The number of nitrogens with zero attached hydrogens (tertiary/aromatic N) is 2. The molecule has 0 saturated carbocycles. The molecule has 1 amide bonds. The van der Waals surface area contributed by atoms with E-state index < -0.39 is 0 Å². The Bertz CT molecular complexity index is 992. The molecule has 112 valence electrons. The Hall–Kier alpha value is -3.21. The van der Waals surface area contributed by atoms with Crippen LogP contribution in [0.25, 0.3) is 21.8 Å². The Morgan fingerprint density at radius 2 is 1.96 bits per heavy atom. The van der Waals surface area contributed by atoms with Crippen LogP contribution >= 0.6 is 0 Å². The van der Waals surface area contributed by atoms with Crippen LogP contribution in [0.3, 0.4) is 0 Å². The van der Waals surface area contributed by atoms with Gasteiger partial charge in [0.1, 0.15) is 5.69 Å². The van der Waals surface area contributed by atoms with Gasteiger partial charge in [0.15, 0.2) is 0 Å². The summed E-state index contributed by atoms with van der Waals surface area (Å²) in [5.41, 5.74) is 3.33. The molecule has 0 aliphatic carbocycles. The Morgan fingerprint density at radius 3 is 2.83 bits per heavy atom. The molecule has 0 radical (unpaired) electrons. The lowest BCUT2D eigenvalue weighted by atomic mass is 10.1. The summed E-state index contributed by atoms with van der Waals surface area (Å²) in [6.45, 7) is 0.431. The number of H-pyrrole nitrogens is 1. The van der Waals surface area contributed by atoms with E-state index in [1.165, 1.54) is 0 Å². The normalized spacial score (nSPS) is 11.0. The SMILES string of the molecule is O=C(NCc1cccnc1)c1cc2c(cn1)[nH]c1ccccc12. The minimum Gasteiger partial charge on any atom is -0.353 e. The van der Waals surface area contributed by atoms with Crippen molar-refractivity contribution >= 4 is 27.7 Å². The van der Waals surface area contributed by atoms with Gasteiger partial charge in [-0.15, -0.1) is 0 Å². The van der Waals surface area contributed by atoms with Gasteiger partial charge in [0.2, 0.25) is 0 Å². The number of carbonyl (C=O) groups is 1. The summed E-state index contributed by atoms with van der Waals surface area (Å²) in [7, 11) is 0. The number of benzene rings is 1. The highest BCUT2D eigenvalue weighted by Gasteiger charge is 2.11. The Kier molecular flexibility index (Phi) is 3.24. The molecule has 0 fully saturated rings. The lowest BCUT2D eigenvalue weighted by Gasteiger charge is -2.04. The standard InChI is InChI=1S/C18H14N4O/c23-18(21-10-12-4-3-7-19-9-12)16-8-14-13-5-1-2-6-15(13)22-17(14)11-20-16/h1-9,11,22H,10H2,(H,21,23). The third-order valence-corrected chi connectivity index (χ3v) is 3.80. The molecule has 1 aromatic carbocycles. The van der Waals surface area contributed by atoms with Crippen molar-refractivity contribution in [3.8, 4) is 0 Å². The fourth-order valence-electron chi connectivity index (χ4n) is 2.65. The van der Waals surface area contributed by atoms with E-state index in [-0.39, 0.29) is 5.91 Å². The number of aromatic amines is 1. The molecule has 4 rings (SSSR count). The molecule has 5 heteroatoms. The van der Waals surface area contributed by atoms with Gasteiger partial charge < -0.3 is 10.3 Å². The number of hydrogen-bond acceptors (Lipinski definition) is 3. The maximum atomic E-state index is 12.3. The number of carbonyl (C=O) groups excluding carboxylic acids is 1. The van der Waals surface area contributed by atoms with Crippen LogP contribution in [0.1, 0.15) is 16.1 Å². The number of hydrogen-bond donors (Lipinski definition) is 2. The van der Waals surface area contributed by atoms with Crippen LogP contribution in [0.5, 0.6) is 0 Å². The van der Waals surface area contributed by atoms with E-state index in [1.807, 2.05) is 42.5 Å². The van der Waals surface area contributed by atoms with Crippen molar-refractivity contribution < 1.29 is 4.79 Å². The van der Waals surface area contributed by atoms with Crippen LogP contribution < -0.4 is 5.32 Å². The summed E-state index contributed by atoms with van der Waals surface area (Å²) in [6.07, 6.45) is 5.14. The largest absolute Gasteiger partial charge is 0.353 e. The van der Waals surface area contributed by atoms with E-state index in [4.69, 9.17) is 0 Å². The fraction of sp³-hybridized carbons (Fsp3) is 0.0556. The predicted octanol–water partition coefficient (Wildman–Crippen LogP) is 3.04. The van der Waals surface area contributed by atoms with Crippen molar-refractivity contribution in [2.24, 2.45) is 0 Å². The highest BCUT2D eigenvalue weighted by atomic mass is 16.1. The first-order valence-electron chi connectivity index (χ1n) is 7.35. The van der Waals surface area contributed by atoms with E-state index in [9.17, 15) is 4.79 Å². The van der Waals surface area contributed by atoms with Gasteiger partial charge in [-0.2, -0.15) is 0 Å². The number of amides is 1. The highest BCUT2D eigenvalue weighted by molar-refractivity contribution is 6.09. The second-order valence-electron chi connectivity index (χ2n) is 5.33. The van der Waals surface area contributed by atoms with Crippen molar-refractivity contribution in [1.29, 1.82) is 0 Å². The molecule has 23 heavy (non-hydrogen) atoms. The van der Waals surface area contributed by atoms with Crippen molar-refractivity contribution in [3.05, 3.63) is 72.3 Å². The number of rotatable bonds is 3. The van der Waals surface area contributed by atoms with Gasteiger partial charge in [0.05, 0.1) is 11.7 Å². The summed E-state index contributed by atoms with van der Waals surface area (Å²) >= 11 is 0. The van der Waals surface area contributed by atoms with E-state index in [2.05, 4.69) is 20.3 Å². The second-order valence-corrected chi connectivity index (χ2v) is 5.33. The Morgan fingerprint density at radius 1 is 1.04 bits per heavy atom. The zero-order valence-corrected chi connectivity index (χ0v) is 12.3. The molecule has 2 N–H and O–H groups in total. The molecule has 0 atom stereocenters. The van der Waals surface area contributed by atoms with Crippen LogP contribution in [-0.2, 0) is 6.54 Å². The lowest BCUT2D eigenvalue weighted by Crippen LogP contribution is -2.23. The summed E-state index contributed by atoms with van der Waals surface area (Å²) in [5.74, 6) is -0.193. The van der Waals surface area contributed by atoms with Gasteiger partial charge >= 0.3 is 0 Å². The van der Waals surface area contributed by atoms with Gasteiger partial charge in [0, 0.05) is 35.2 Å². The van der Waals surface area contributed by atoms with Gasteiger partial charge in [-0.05, 0) is 23.8 Å². The third kappa shape index (κ3) is 2.53. The maximum Gasteiger partial charge on any atom is 0.270 e. The van der Waals surface area contributed by atoms with Crippen LogP contribution in [0.2, 0.25) is 0 Å². The van der Waals surface area contributed by atoms with Crippen LogP contribution in [0.4, 0.5) is 0 Å². The summed E-state index contributed by atoms with van der Waals surface area (Å²) < 4.78 is 0. The minimum atomic E-state index is -0.193. The molecule has 0 bridgehead atoms. The van der Waals surface area contributed by atoms with Crippen molar-refractivity contribution in [3.63, 3.8) is 0 Å². The summed E-state index contributed by atoms with van der Waals surface area (Å²) in [5, 5.41) is 4.96. The molecule has 0 saturated heterocycles. The Balaban J connectivity index is 1.63. The molecule has 0 aliphatic heterocycles. The zero-order valence-electron chi connectivity index (χ0n) is 12.3. The summed E-state index contributed by atoms with van der Waals surface area (Å²) in [6, 6.07) is 13.6. The van der Waals surface area contributed by atoms with Gasteiger partial charge in [-0.3, -0.25) is 9.78 Å². The average Bonchev–Trinajstić information content (AvgIpc) is 2.98. The lowest BCUT2D eigenvalue weighted by molar-refractivity contribution is 0.0946. The first kappa shape index (κ1) is 13.5. The van der Waals surface area contributed by atoms with Gasteiger partial charge in [-0.25, -0.2) is 4.98 Å². The van der Waals surface area contributed by atoms with Gasteiger partial charge in [-0.1, -0.05) is 24.3 Å². The number of nitrogens with one attached hydrogen (secondary N) is 2. The smallest absolute Gasteiger partial charge is 0.270 e. The van der Waals surface area contributed by atoms with Crippen LogP contribution in [0.15, 0.2) is 61.1 Å². The molecule has 0 aliphatic rings. The van der Waals surface area contributed by atoms with Crippen molar-refractivity contribution in [2.75, 3.05) is 0 Å². The molecular formula is C18H14N4O. The number of fused-ring (bicyclic) bond motifs is 3. The molecule has 3 heterocycles. The third-order valence-electron chi connectivity index (χ3n) is 3.80. The maximum absolute atomic E-state index is 12.3. The first-order valence-corrected chi connectivity index (χ1v) is 7.35. The first-order chi connectivity index (χ1) is 11.3. The van der Waals surface area contributed by atoms with Crippen molar-refractivity contribution in [2.45, 2.75) is 6.54 Å². The van der Waals surface area contributed by atoms with E-state index >= 15 is 0 Å². The zero-order chi connectivity index (χ0) is 15.6. The van der Waals surface area contributed by atoms with E-state index in [1.54, 1.807) is 18.6 Å². The fourth-order valence-corrected chi connectivity index (χ4v) is 2.65. The monoisotopic (exact) mass is 302 g/mol. The Labute approximate surface area is 132 Å². The molecule has 3 aromatic heterocycles. The number of aromatic nitrogens is 3. The van der Waals surface area contributed by atoms with Crippen LogP contribution in [-0.4, -0.2) is 20.9 Å². The minimum absolute atomic E-state index is 0.193. The number of pyridine rings is 2. The molecule has 5 nitrogen and oxygen atoms in total. The molecule has 0 unspecified atom stereocenters. The molecule has 0 spiro atoms. The molecule has 4 aromatic rings. The van der Waals surface area contributed by atoms with Gasteiger partial charge in [0.25, 0.3) is 5.91 Å². The predicted molar refractivity (Wildman–Crippen MR) is 89.0 cm³/mol. The molecular weight excluding hydrogens is 288 g/mol. The van der Waals surface area contributed by atoms with E-state index in [0.717, 1.165) is 27.4 Å². The second kappa shape index (κ2) is 5.53. The average molecular weight is 302 g/mol. The topological polar surface area (TPSA) is 70.7 Å². The van der Waals surface area contributed by atoms with Crippen molar-refractivity contribution in [1.82, 2.24) is 20.3 Å². The summed E-state index contributed by atoms with van der Waals surface area (Å²) in [4.78, 5) is 23.9. The van der Waals surface area contributed by atoms with Crippen LogP contribution in [0, 0.1) is 0 Å². The quantitative estimate of drug-likeness (QED) is 0.611. The number of para-hydroxylation sites is 1.